The van der Waals surface area contributed by atoms with Gasteiger partial charge in [-0.1, -0.05) is 6.07 Å². The van der Waals surface area contributed by atoms with E-state index in [0.29, 0.717) is 22.5 Å². The van der Waals surface area contributed by atoms with Crippen molar-refractivity contribution in [3.63, 3.8) is 0 Å². The van der Waals surface area contributed by atoms with Gasteiger partial charge in [-0.05, 0) is 42.1 Å². The number of amides is 2. The van der Waals surface area contributed by atoms with Crippen molar-refractivity contribution in [1.82, 2.24) is 4.90 Å². The van der Waals surface area contributed by atoms with Gasteiger partial charge in [-0.3, -0.25) is 9.59 Å². The second-order valence-corrected chi connectivity index (χ2v) is 9.16. The smallest absolute Gasteiger partial charge is 0.265 e. The van der Waals surface area contributed by atoms with Crippen LogP contribution in [0.1, 0.15) is 26.5 Å². The maximum Gasteiger partial charge on any atom is 0.265 e. The monoisotopic (exact) mass is 378 g/mol. The summed E-state index contributed by atoms with van der Waals surface area (Å²) in [5.74, 6) is -0.270. The number of rotatable bonds is 4. The average Bonchev–Trinajstić information content (AvgIpc) is 3.23. The second kappa shape index (κ2) is 6.97. The molecule has 2 heterocycles. The highest BCUT2D eigenvalue weighted by atomic mass is 32.2. The van der Waals surface area contributed by atoms with Gasteiger partial charge in [0.1, 0.15) is 0 Å². The van der Waals surface area contributed by atoms with Gasteiger partial charge in [-0.2, -0.15) is 0 Å². The minimum atomic E-state index is -3.04. The molecule has 1 aromatic heterocycles. The van der Waals surface area contributed by atoms with Gasteiger partial charge in [-0.15, -0.1) is 11.3 Å². The molecule has 2 aromatic rings. The molecule has 1 saturated heterocycles. The summed E-state index contributed by atoms with van der Waals surface area (Å²) in [6.45, 7) is 0. The predicted molar refractivity (Wildman–Crippen MR) is 97.9 cm³/mol. The molecule has 1 atom stereocenters. The third kappa shape index (κ3) is 4.08. The number of carbonyl (C=O) groups excluding carboxylic acids is 2. The maximum absolute atomic E-state index is 12.5. The van der Waals surface area contributed by atoms with E-state index in [1.807, 2.05) is 5.38 Å². The van der Waals surface area contributed by atoms with E-state index in [0.717, 1.165) is 0 Å². The molecule has 132 valence electrons. The van der Waals surface area contributed by atoms with E-state index in [4.69, 9.17) is 0 Å². The van der Waals surface area contributed by atoms with Crippen LogP contribution in [-0.4, -0.2) is 49.7 Å². The SMILES string of the molecule is CN(C(=O)c1ccc(NC(=O)c2cccs2)cc1)[C@@H]1CCS(=O)(=O)C1. The van der Waals surface area contributed by atoms with E-state index < -0.39 is 9.84 Å². The minimum absolute atomic E-state index is 0.0181. The van der Waals surface area contributed by atoms with Crippen LogP contribution in [0.25, 0.3) is 0 Å². The highest BCUT2D eigenvalue weighted by Gasteiger charge is 2.33. The third-order valence-corrected chi connectivity index (χ3v) is 6.83. The highest BCUT2D eigenvalue weighted by Crippen LogP contribution is 2.20. The Balaban J connectivity index is 1.65. The highest BCUT2D eigenvalue weighted by molar-refractivity contribution is 7.91. The Morgan fingerprint density at radius 1 is 1.20 bits per heavy atom. The molecular weight excluding hydrogens is 360 g/mol. The maximum atomic E-state index is 12.5. The van der Waals surface area contributed by atoms with Crippen molar-refractivity contribution in [2.24, 2.45) is 0 Å². The lowest BCUT2D eigenvalue weighted by atomic mass is 10.1. The zero-order chi connectivity index (χ0) is 18.0. The molecular formula is C17H18N2O4S2. The van der Waals surface area contributed by atoms with Crippen LogP contribution >= 0.6 is 11.3 Å². The summed E-state index contributed by atoms with van der Waals surface area (Å²) in [6, 6.07) is 9.85. The molecule has 6 nitrogen and oxygen atoms in total. The summed E-state index contributed by atoms with van der Waals surface area (Å²) in [5, 5.41) is 4.60. The van der Waals surface area contributed by atoms with E-state index in [2.05, 4.69) is 5.32 Å². The van der Waals surface area contributed by atoms with Crippen molar-refractivity contribution in [1.29, 1.82) is 0 Å². The first-order valence-corrected chi connectivity index (χ1v) is 10.5. The molecule has 8 heteroatoms. The lowest BCUT2D eigenvalue weighted by molar-refractivity contribution is 0.0747. The Hall–Kier alpha value is -2.19. The summed E-state index contributed by atoms with van der Waals surface area (Å²) in [6.07, 6.45) is 0.472. The van der Waals surface area contributed by atoms with Crippen molar-refractivity contribution in [3.8, 4) is 0 Å². The second-order valence-electron chi connectivity index (χ2n) is 5.98. The van der Waals surface area contributed by atoms with Gasteiger partial charge in [-0.25, -0.2) is 8.42 Å². The largest absolute Gasteiger partial charge is 0.338 e. The van der Waals surface area contributed by atoms with Gasteiger partial charge < -0.3 is 10.2 Å². The number of hydrogen-bond donors (Lipinski definition) is 1. The zero-order valence-corrected chi connectivity index (χ0v) is 15.3. The molecule has 0 unspecified atom stereocenters. The zero-order valence-electron chi connectivity index (χ0n) is 13.6. The van der Waals surface area contributed by atoms with Gasteiger partial charge in [0.05, 0.1) is 16.4 Å². The Morgan fingerprint density at radius 3 is 2.48 bits per heavy atom. The van der Waals surface area contributed by atoms with Gasteiger partial charge in [0.25, 0.3) is 11.8 Å². The molecule has 2 amide bonds. The van der Waals surface area contributed by atoms with Crippen LogP contribution in [0.2, 0.25) is 0 Å². The molecule has 3 rings (SSSR count). The van der Waals surface area contributed by atoms with Crippen LogP contribution in [0.15, 0.2) is 41.8 Å². The number of anilines is 1. The van der Waals surface area contributed by atoms with Crippen LogP contribution in [0.5, 0.6) is 0 Å². The van der Waals surface area contributed by atoms with Crippen molar-refractivity contribution in [3.05, 3.63) is 52.2 Å². The van der Waals surface area contributed by atoms with Crippen LogP contribution in [0.4, 0.5) is 5.69 Å². The topological polar surface area (TPSA) is 83.6 Å². The Morgan fingerprint density at radius 2 is 1.92 bits per heavy atom. The standard InChI is InChI=1S/C17H18N2O4S2/c1-19(14-8-10-25(22,23)11-14)17(21)12-4-6-13(7-5-12)18-16(20)15-3-2-9-24-15/h2-7,9,14H,8,10-11H2,1H3,(H,18,20)/t14-/m1/s1. The van der Waals surface area contributed by atoms with E-state index in [1.54, 1.807) is 43.4 Å². The number of nitrogens with zero attached hydrogens (tertiary/aromatic N) is 1. The number of nitrogens with one attached hydrogen (secondary N) is 1. The molecule has 25 heavy (non-hydrogen) atoms. The van der Waals surface area contributed by atoms with Crippen molar-refractivity contribution < 1.29 is 18.0 Å². The Bertz CT molecular complexity index is 874. The van der Waals surface area contributed by atoms with Crippen molar-refractivity contribution >= 4 is 38.7 Å². The molecule has 1 aromatic carbocycles. The summed E-state index contributed by atoms with van der Waals surface area (Å²) >= 11 is 1.35. The van der Waals surface area contributed by atoms with Crippen LogP contribution in [0.3, 0.4) is 0 Å². The number of hydrogen-bond acceptors (Lipinski definition) is 5. The first-order chi connectivity index (χ1) is 11.9. The number of benzene rings is 1. The average molecular weight is 378 g/mol. The molecule has 1 aliphatic rings. The van der Waals surface area contributed by atoms with Gasteiger partial charge in [0.15, 0.2) is 9.84 Å². The first-order valence-electron chi connectivity index (χ1n) is 7.78. The molecule has 0 bridgehead atoms. The minimum Gasteiger partial charge on any atom is -0.338 e. The van der Waals surface area contributed by atoms with Crippen LogP contribution < -0.4 is 5.32 Å². The van der Waals surface area contributed by atoms with E-state index in [-0.39, 0.29) is 29.4 Å². The van der Waals surface area contributed by atoms with Gasteiger partial charge >= 0.3 is 0 Å². The quantitative estimate of drug-likeness (QED) is 0.885. The summed E-state index contributed by atoms with van der Waals surface area (Å²) in [5.41, 5.74) is 1.06. The predicted octanol–water partition coefficient (Wildman–Crippen LogP) is 2.26. The van der Waals surface area contributed by atoms with Gasteiger partial charge in [0.2, 0.25) is 0 Å². The van der Waals surface area contributed by atoms with Crippen LogP contribution in [-0.2, 0) is 9.84 Å². The fraction of sp³-hybridized carbons (Fsp3) is 0.294. The van der Waals surface area contributed by atoms with E-state index >= 15 is 0 Å². The molecule has 1 aliphatic heterocycles. The van der Waals surface area contributed by atoms with Crippen molar-refractivity contribution in [2.75, 3.05) is 23.9 Å². The normalized spacial score (nSPS) is 18.7. The molecule has 0 radical (unpaired) electrons. The van der Waals surface area contributed by atoms with Crippen molar-refractivity contribution in [2.45, 2.75) is 12.5 Å². The number of sulfone groups is 1. The lowest BCUT2D eigenvalue weighted by Gasteiger charge is -2.23. The molecule has 1 fully saturated rings. The fourth-order valence-corrected chi connectivity index (χ4v) is 5.14. The number of carbonyl (C=O) groups is 2. The summed E-state index contributed by atoms with van der Waals surface area (Å²) in [7, 11) is -1.41. The molecule has 0 spiro atoms. The van der Waals surface area contributed by atoms with E-state index in [9.17, 15) is 18.0 Å². The van der Waals surface area contributed by atoms with Gasteiger partial charge in [0, 0.05) is 24.3 Å². The molecule has 0 saturated carbocycles. The van der Waals surface area contributed by atoms with Crippen LogP contribution in [0, 0.1) is 0 Å². The summed E-state index contributed by atoms with van der Waals surface area (Å²) < 4.78 is 23.1. The Kier molecular flexibility index (Phi) is 4.91. The van der Waals surface area contributed by atoms with E-state index in [1.165, 1.54) is 16.2 Å². The summed E-state index contributed by atoms with van der Waals surface area (Å²) in [4.78, 5) is 26.6. The Labute approximate surface area is 150 Å². The molecule has 0 aliphatic carbocycles. The first kappa shape index (κ1) is 17.6. The number of thiophene rings is 1. The fourth-order valence-electron chi connectivity index (χ4n) is 2.75. The molecule has 1 N–H and O–H groups in total. The third-order valence-electron chi connectivity index (χ3n) is 4.21. The lowest BCUT2D eigenvalue weighted by Crippen LogP contribution is -2.37.